The van der Waals surface area contributed by atoms with Gasteiger partial charge >= 0.3 is 0 Å². The highest BCUT2D eigenvalue weighted by Gasteiger charge is 2.32. The van der Waals surface area contributed by atoms with Crippen molar-refractivity contribution in [2.24, 2.45) is 5.92 Å². The Labute approximate surface area is 160 Å². The molecule has 1 aliphatic rings. The Morgan fingerprint density at radius 3 is 2.19 bits per heavy atom. The van der Waals surface area contributed by atoms with E-state index in [2.05, 4.69) is 41.2 Å². The molecule has 0 bridgehead atoms. The highest BCUT2D eigenvalue weighted by molar-refractivity contribution is 7.90. The highest BCUT2D eigenvalue weighted by atomic mass is 32.2. The molecule has 1 saturated carbocycles. The first-order valence-corrected chi connectivity index (χ1v) is 11.5. The summed E-state index contributed by atoms with van der Waals surface area (Å²) >= 11 is 0. The number of hydrogen-bond donors (Lipinski definition) is 2. The molecule has 26 heavy (non-hydrogen) atoms. The molecule has 4 nitrogen and oxygen atoms in total. The van der Waals surface area contributed by atoms with E-state index in [0.717, 1.165) is 38.6 Å². The van der Waals surface area contributed by atoms with Gasteiger partial charge in [0.1, 0.15) is 0 Å². The second-order valence-corrected chi connectivity index (χ2v) is 11.1. The fourth-order valence-corrected chi connectivity index (χ4v) is 4.34. The van der Waals surface area contributed by atoms with Crippen LogP contribution < -0.4 is 10.0 Å². The molecule has 0 amide bonds. The molecule has 1 aromatic carbocycles. The number of nitrogens with one attached hydrogen (secondary N) is 2. The molecule has 0 aliphatic heterocycles. The van der Waals surface area contributed by atoms with Crippen LogP contribution in [-0.4, -0.2) is 25.8 Å². The maximum absolute atomic E-state index is 12.3. The van der Waals surface area contributed by atoms with Crippen molar-refractivity contribution in [3.63, 3.8) is 0 Å². The average molecular weight is 381 g/mol. The zero-order valence-corrected chi connectivity index (χ0v) is 17.7. The predicted octanol–water partition coefficient (Wildman–Crippen LogP) is 4.72. The summed E-state index contributed by atoms with van der Waals surface area (Å²) in [4.78, 5) is 0. The third-order valence-corrected chi connectivity index (χ3v) is 7.60. The second-order valence-electron chi connectivity index (χ2n) is 8.63. The van der Waals surface area contributed by atoms with Gasteiger partial charge in [-0.15, -0.1) is 0 Å². The summed E-state index contributed by atoms with van der Waals surface area (Å²) in [5.74, 6) is 0.616. The molecule has 0 aromatic heterocycles. The molecule has 0 saturated heterocycles. The fraction of sp³-hybridized carbons (Fsp3) is 0.714. The van der Waals surface area contributed by atoms with Crippen LogP contribution in [0.1, 0.15) is 71.8 Å². The molecule has 0 atom stereocenters. The SMILES string of the molecule is CCCCc1ccc(NC[C@H]2CC[C@H](NS(=O)(=O)C(C)(C)C)CC2)cc1. The first kappa shape index (κ1) is 21.2. The summed E-state index contributed by atoms with van der Waals surface area (Å²) in [5, 5.41) is 3.55. The predicted molar refractivity (Wildman–Crippen MR) is 111 cm³/mol. The van der Waals surface area contributed by atoms with E-state index in [0.29, 0.717) is 5.92 Å². The van der Waals surface area contributed by atoms with Crippen molar-refractivity contribution in [1.82, 2.24) is 4.72 Å². The minimum atomic E-state index is -3.25. The molecule has 0 heterocycles. The van der Waals surface area contributed by atoms with Crippen LogP contribution in [0, 0.1) is 5.92 Å². The van der Waals surface area contributed by atoms with E-state index in [1.165, 1.54) is 24.1 Å². The molecule has 5 heteroatoms. The molecule has 1 aliphatic carbocycles. The smallest absolute Gasteiger partial charge is 0.216 e. The van der Waals surface area contributed by atoms with E-state index in [4.69, 9.17) is 0 Å². The van der Waals surface area contributed by atoms with E-state index >= 15 is 0 Å². The molecule has 148 valence electrons. The number of aryl methyl sites for hydroxylation is 1. The van der Waals surface area contributed by atoms with Crippen molar-refractivity contribution < 1.29 is 8.42 Å². The molecule has 1 aromatic rings. The summed E-state index contributed by atoms with van der Waals surface area (Å²) in [6, 6.07) is 8.88. The van der Waals surface area contributed by atoms with Gasteiger partial charge in [-0.1, -0.05) is 25.5 Å². The summed E-state index contributed by atoms with van der Waals surface area (Å²) in [5.41, 5.74) is 2.59. The van der Waals surface area contributed by atoms with Crippen LogP contribution in [0.3, 0.4) is 0 Å². The van der Waals surface area contributed by atoms with Crippen LogP contribution in [0.4, 0.5) is 5.69 Å². The van der Waals surface area contributed by atoms with Crippen LogP contribution in [0.25, 0.3) is 0 Å². The summed E-state index contributed by atoms with van der Waals surface area (Å²) in [6.45, 7) is 8.43. The third kappa shape index (κ3) is 6.27. The lowest BCUT2D eigenvalue weighted by Crippen LogP contribution is -2.46. The van der Waals surface area contributed by atoms with Crippen molar-refractivity contribution in [1.29, 1.82) is 0 Å². The van der Waals surface area contributed by atoms with E-state index < -0.39 is 14.8 Å². The van der Waals surface area contributed by atoms with Crippen molar-refractivity contribution >= 4 is 15.7 Å². The van der Waals surface area contributed by atoms with Crippen molar-refractivity contribution in [3.8, 4) is 0 Å². The van der Waals surface area contributed by atoms with Gasteiger partial charge in [0.15, 0.2) is 0 Å². The largest absolute Gasteiger partial charge is 0.385 e. The fourth-order valence-electron chi connectivity index (χ4n) is 3.31. The summed E-state index contributed by atoms with van der Waals surface area (Å²) in [6.07, 6.45) is 7.63. The monoisotopic (exact) mass is 380 g/mol. The van der Waals surface area contributed by atoms with Crippen molar-refractivity contribution in [2.75, 3.05) is 11.9 Å². The lowest BCUT2D eigenvalue weighted by molar-refractivity contribution is 0.322. The van der Waals surface area contributed by atoms with Crippen LogP contribution in [0.15, 0.2) is 24.3 Å². The number of hydrogen-bond acceptors (Lipinski definition) is 3. The molecule has 2 rings (SSSR count). The van der Waals surface area contributed by atoms with Gasteiger partial charge in [-0.3, -0.25) is 0 Å². The van der Waals surface area contributed by atoms with Gasteiger partial charge in [0.2, 0.25) is 10.0 Å². The minimum Gasteiger partial charge on any atom is -0.385 e. The van der Waals surface area contributed by atoms with E-state index in [1.54, 1.807) is 20.8 Å². The van der Waals surface area contributed by atoms with E-state index in [1.807, 2.05) is 0 Å². The Morgan fingerprint density at radius 1 is 1.04 bits per heavy atom. The zero-order valence-electron chi connectivity index (χ0n) is 16.8. The standard InChI is InChI=1S/C21H36N2O2S/c1-5-6-7-17-8-12-19(13-9-17)22-16-18-10-14-20(15-11-18)23-26(24,25)21(2,3)4/h8-9,12-13,18,20,22-23H,5-7,10-11,14-16H2,1-4H3/t18-,20-. The van der Waals surface area contributed by atoms with Crippen molar-refractivity contribution in [3.05, 3.63) is 29.8 Å². The topological polar surface area (TPSA) is 58.2 Å². The number of anilines is 1. The number of benzene rings is 1. The maximum Gasteiger partial charge on any atom is 0.216 e. The minimum absolute atomic E-state index is 0.0910. The average Bonchev–Trinajstić information content (AvgIpc) is 2.59. The Morgan fingerprint density at radius 2 is 1.65 bits per heavy atom. The molecular formula is C21H36N2O2S. The highest BCUT2D eigenvalue weighted by Crippen LogP contribution is 2.26. The Balaban J connectivity index is 1.73. The summed E-state index contributed by atoms with van der Waals surface area (Å²) in [7, 11) is -3.25. The number of sulfonamides is 1. The second kappa shape index (κ2) is 9.23. The quantitative estimate of drug-likeness (QED) is 0.686. The van der Waals surface area contributed by atoms with E-state index in [9.17, 15) is 8.42 Å². The van der Waals surface area contributed by atoms with Gasteiger partial charge in [0.05, 0.1) is 4.75 Å². The lowest BCUT2D eigenvalue weighted by atomic mass is 9.86. The molecule has 0 unspecified atom stereocenters. The van der Waals surface area contributed by atoms with Gasteiger partial charge in [-0.2, -0.15) is 0 Å². The Kier molecular flexibility index (Phi) is 7.53. The molecular weight excluding hydrogens is 344 g/mol. The van der Waals surface area contributed by atoms with Crippen molar-refractivity contribution in [2.45, 2.75) is 83.4 Å². The van der Waals surface area contributed by atoms with Gasteiger partial charge in [-0.25, -0.2) is 13.1 Å². The van der Waals surface area contributed by atoms with Crippen LogP contribution >= 0.6 is 0 Å². The Bertz CT molecular complexity index is 640. The first-order valence-electron chi connectivity index (χ1n) is 10.1. The first-order chi connectivity index (χ1) is 12.2. The van der Waals surface area contributed by atoms with Gasteiger partial charge in [0.25, 0.3) is 0 Å². The molecule has 2 N–H and O–H groups in total. The van der Waals surface area contributed by atoms with Crippen LogP contribution in [0.2, 0.25) is 0 Å². The van der Waals surface area contributed by atoms with Crippen LogP contribution in [0.5, 0.6) is 0 Å². The van der Waals surface area contributed by atoms with Gasteiger partial charge in [0, 0.05) is 18.3 Å². The number of unbranched alkanes of at least 4 members (excludes halogenated alkanes) is 1. The number of rotatable bonds is 8. The Hall–Kier alpha value is -1.07. The zero-order chi connectivity index (χ0) is 19.2. The molecule has 0 spiro atoms. The normalized spacial score (nSPS) is 21.5. The molecule has 1 fully saturated rings. The lowest BCUT2D eigenvalue weighted by Gasteiger charge is -2.31. The van der Waals surface area contributed by atoms with E-state index in [-0.39, 0.29) is 6.04 Å². The van der Waals surface area contributed by atoms with Crippen LogP contribution in [-0.2, 0) is 16.4 Å². The summed E-state index contributed by atoms with van der Waals surface area (Å²) < 4.78 is 26.7. The van der Waals surface area contributed by atoms with Gasteiger partial charge in [-0.05, 0) is 82.9 Å². The third-order valence-electron chi connectivity index (χ3n) is 5.34. The molecule has 0 radical (unpaired) electrons. The maximum atomic E-state index is 12.3. The van der Waals surface area contributed by atoms with Gasteiger partial charge < -0.3 is 5.32 Å².